The van der Waals surface area contributed by atoms with Gasteiger partial charge in [-0.05, 0) is 31.4 Å². The van der Waals surface area contributed by atoms with Crippen molar-refractivity contribution in [1.82, 2.24) is 4.90 Å². The van der Waals surface area contributed by atoms with Gasteiger partial charge < -0.3 is 19.8 Å². The molecule has 0 spiro atoms. The third kappa shape index (κ3) is 4.71. The van der Waals surface area contributed by atoms with E-state index in [1.807, 2.05) is 4.90 Å². The molecule has 124 valence electrons. The van der Waals surface area contributed by atoms with Gasteiger partial charge in [0.1, 0.15) is 11.6 Å². The van der Waals surface area contributed by atoms with Gasteiger partial charge in [-0.25, -0.2) is 8.78 Å². The zero-order chi connectivity index (χ0) is 15.9. The Hall–Kier alpha value is -1.08. The molecule has 6 heteroatoms. The van der Waals surface area contributed by atoms with Crippen LogP contribution in [0.4, 0.5) is 8.78 Å². The van der Waals surface area contributed by atoms with Crippen molar-refractivity contribution in [1.29, 1.82) is 0 Å². The molecule has 1 aromatic rings. The summed E-state index contributed by atoms with van der Waals surface area (Å²) in [6.07, 6.45) is 1.25. The first-order valence-electron chi connectivity index (χ1n) is 7.68. The Kier molecular flexibility index (Phi) is 6.70. The number of benzene rings is 1. The van der Waals surface area contributed by atoms with Crippen LogP contribution in [0.5, 0.6) is 0 Å². The van der Waals surface area contributed by atoms with Crippen LogP contribution in [-0.4, -0.2) is 54.1 Å². The standard InChI is InChI=1S/C16H23F2NO3/c17-13-3-1-4-14(18)16(13)15(21)11-19-7-5-12(6-8-19)22-10-2-9-20/h1,3-4,12,15,20-21H,2,5-11H2. The van der Waals surface area contributed by atoms with Crippen molar-refractivity contribution >= 4 is 0 Å². The maximum Gasteiger partial charge on any atom is 0.131 e. The van der Waals surface area contributed by atoms with E-state index in [2.05, 4.69) is 0 Å². The Balaban J connectivity index is 1.80. The van der Waals surface area contributed by atoms with Gasteiger partial charge in [0, 0.05) is 32.8 Å². The number of nitrogens with zero attached hydrogens (tertiary/aromatic N) is 1. The number of hydrogen-bond donors (Lipinski definition) is 2. The van der Waals surface area contributed by atoms with Gasteiger partial charge in [0.25, 0.3) is 0 Å². The molecule has 2 N–H and O–H groups in total. The first kappa shape index (κ1) is 17.3. The SMILES string of the molecule is OCCCOC1CCN(CC(O)c2c(F)cccc2F)CC1. The average Bonchev–Trinajstić information content (AvgIpc) is 2.49. The monoisotopic (exact) mass is 315 g/mol. The summed E-state index contributed by atoms with van der Waals surface area (Å²) < 4.78 is 32.9. The fraction of sp³-hybridized carbons (Fsp3) is 0.625. The highest BCUT2D eigenvalue weighted by Crippen LogP contribution is 2.23. The van der Waals surface area contributed by atoms with Crippen LogP contribution in [-0.2, 0) is 4.74 Å². The van der Waals surface area contributed by atoms with Crippen molar-refractivity contribution in [3.05, 3.63) is 35.4 Å². The van der Waals surface area contributed by atoms with E-state index in [0.29, 0.717) is 13.0 Å². The van der Waals surface area contributed by atoms with Gasteiger partial charge in [-0.3, -0.25) is 0 Å². The molecule has 1 unspecified atom stereocenters. The van der Waals surface area contributed by atoms with Gasteiger partial charge in [0.05, 0.1) is 17.8 Å². The van der Waals surface area contributed by atoms with Gasteiger partial charge in [0.15, 0.2) is 0 Å². The molecule has 0 amide bonds. The van der Waals surface area contributed by atoms with E-state index in [1.165, 1.54) is 6.07 Å². The predicted molar refractivity (Wildman–Crippen MR) is 78.4 cm³/mol. The maximum absolute atomic E-state index is 13.6. The molecular formula is C16H23F2NO3. The molecule has 1 aromatic carbocycles. The topological polar surface area (TPSA) is 52.9 Å². The Labute approximate surface area is 129 Å². The molecular weight excluding hydrogens is 292 g/mol. The summed E-state index contributed by atoms with van der Waals surface area (Å²) in [7, 11) is 0. The lowest BCUT2D eigenvalue weighted by atomic mass is 10.0. The summed E-state index contributed by atoms with van der Waals surface area (Å²) in [4.78, 5) is 1.99. The summed E-state index contributed by atoms with van der Waals surface area (Å²) in [6.45, 7) is 2.32. The number of rotatable bonds is 7. The van der Waals surface area contributed by atoms with E-state index in [-0.39, 0.29) is 24.8 Å². The van der Waals surface area contributed by atoms with Crippen LogP contribution in [0, 0.1) is 11.6 Å². The lowest BCUT2D eigenvalue weighted by Gasteiger charge is -2.33. The van der Waals surface area contributed by atoms with Gasteiger partial charge in [-0.2, -0.15) is 0 Å². The number of aliphatic hydroxyl groups is 2. The molecule has 0 saturated carbocycles. The Morgan fingerprint density at radius 1 is 1.23 bits per heavy atom. The van der Waals surface area contributed by atoms with Crippen LogP contribution in [0.3, 0.4) is 0 Å². The molecule has 0 bridgehead atoms. The van der Waals surface area contributed by atoms with Crippen LogP contribution in [0.25, 0.3) is 0 Å². The third-order valence-corrected chi connectivity index (χ3v) is 3.95. The van der Waals surface area contributed by atoms with Crippen LogP contribution >= 0.6 is 0 Å². The van der Waals surface area contributed by atoms with Crippen molar-refractivity contribution in [2.75, 3.05) is 32.8 Å². The highest BCUT2D eigenvalue weighted by Gasteiger charge is 2.24. The largest absolute Gasteiger partial charge is 0.396 e. The van der Waals surface area contributed by atoms with Gasteiger partial charge in [-0.1, -0.05) is 6.07 Å². The summed E-state index contributed by atoms with van der Waals surface area (Å²) in [5.74, 6) is -1.43. The summed E-state index contributed by atoms with van der Waals surface area (Å²) in [6, 6.07) is 3.60. The van der Waals surface area contributed by atoms with Crippen LogP contribution in [0.15, 0.2) is 18.2 Å². The maximum atomic E-state index is 13.6. The minimum Gasteiger partial charge on any atom is -0.396 e. The predicted octanol–water partition coefficient (Wildman–Crippen LogP) is 1.86. The molecule has 1 heterocycles. The smallest absolute Gasteiger partial charge is 0.131 e. The minimum absolute atomic E-state index is 0.124. The van der Waals surface area contributed by atoms with Gasteiger partial charge in [0.2, 0.25) is 0 Å². The lowest BCUT2D eigenvalue weighted by molar-refractivity contribution is -0.00704. The van der Waals surface area contributed by atoms with E-state index >= 15 is 0 Å². The first-order valence-corrected chi connectivity index (χ1v) is 7.68. The van der Waals surface area contributed by atoms with Gasteiger partial charge >= 0.3 is 0 Å². The van der Waals surface area contributed by atoms with E-state index < -0.39 is 17.7 Å². The van der Waals surface area contributed by atoms with Crippen LogP contribution in [0.1, 0.15) is 30.9 Å². The third-order valence-electron chi connectivity index (χ3n) is 3.95. The Bertz CT molecular complexity index is 444. The van der Waals surface area contributed by atoms with Crippen molar-refractivity contribution in [3.8, 4) is 0 Å². The fourth-order valence-electron chi connectivity index (χ4n) is 2.74. The molecule has 0 radical (unpaired) electrons. The quantitative estimate of drug-likeness (QED) is 0.754. The second kappa shape index (κ2) is 8.53. The number of likely N-dealkylation sites (tertiary alicyclic amines) is 1. The van der Waals surface area contributed by atoms with E-state index in [0.717, 1.165) is 38.1 Å². The number of halogens is 2. The molecule has 1 aliphatic rings. The molecule has 22 heavy (non-hydrogen) atoms. The van der Waals surface area contributed by atoms with Crippen molar-refractivity contribution < 1.29 is 23.7 Å². The molecule has 2 rings (SSSR count). The number of ether oxygens (including phenoxy) is 1. The van der Waals surface area contributed by atoms with E-state index in [9.17, 15) is 13.9 Å². The zero-order valence-electron chi connectivity index (χ0n) is 12.5. The van der Waals surface area contributed by atoms with Gasteiger partial charge in [-0.15, -0.1) is 0 Å². The van der Waals surface area contributed by atoms with E-state index in [4.69, 9.17) is 9.84 Å². The molecule has 4 nitrogen and oxygen atoms in total. The second-order valence-electron chi connectivity index (χ2n) is 5.60. The summed E-state index contributed by atoms with van der Waals surface area (Å²) in [5, 5.41) is 18.8. The number of aliphatic hydroxyl groups excluding tert-OH is 2. The molecule has 1 aliphatic heterocycles. The number of hydrogen-bond acceptors (Lipinski definition) is 4. The molecule has 1 atom stereocenters. The van der Waals surface area contributed by atoms with Crippen LogP contribution in [0.2, 0.25) is 0 Å². The highest BCUT2D eigenvalue weighted by molar-refractivity contribution is 5.22. The Morgan fingerprint density at radius 2 is 1.86 bits per heavy atom. The van der Waals surface area contributed by atoms with Crippen LogP contribution < -0.4 is 0 Å². The number of piperidine rings is 1. The molecule has 0 aliphatic carbocycles. The summed E-state index contributed by atoms with van der Waals surface area (Å²) in [5.41, 5.74) is -0.260. The van der Waals surface area contributed by atoms with E-state index in [1.54, 1.807) is 0 Å². The molecule has 1 fully saturated rings. The Morgan fingerprint density at radius 3 is 2.45 bits per heavy atom. The normalized spacial score (nSPS) is 18.5. The summed E-state index contributed by atoms with van der Waals surface area (Å²) >= 11 is 0. The second-order valence-corrected chi connectivity index (χ2v) is 5.60. The van der Waals surface area contributed by atoms with Crippen molar-refractivity contribution in [2.24, 2.45) is 0 Å². The highest BCUT2D eigenvalue weighted by atomic mass is 19.1. The zero-order valence-corrected chi connectivity index (χ0v) is 12.5. The number of β-amino-alcohol motifs (C(OH)–C–C–N with tert-alkyl or cyclic N) is 1. The first-order chi connectivity index (χ1) is 10.6. The molecule has 0 aromatic heterocycles. The molecule has 1 saturated heterocycles. The fourth-order valence-corrected chi connectivity index (χ4v) is 2.74. The van der Waals surface area contributed by atoms with Crippen molar-refractivity contribution in [3.63, 3.8) is 0 Å². The average molecular weight is 315 g/mol. The minimum atomic E-state index is -1.17. The van der Waals surface area contributed by atoms with Crippen molar-refractivity contribution in [2.45, 2.75) is 31.5 Å². The lowest BCUT2D eigenvalue weighted by Crippen LogP contribution is -2.39.